The van der Waals surface area contributed by atoms with Crippen LogP contribution in [0.2, 0.25) is 10.0 Å². The number of anilines is 2. The molecule has 0 amide bonds. The molecule has 0 bridgehead atoms. The molecule has 1 atom stereocenters. The molecule has 0 saturated heterocycles. The van der Waals surface area contributed by atoms with Crippen molar-refractivity contribution >= 4 is 78.3 Å². The van der Waals surface area contributed by atoms with E-state index in [1.165, 1.54) is 0 Å². The molecule has 2 aliphatic heterocycles. The van der Waals surface area contributed by atoms with Gasteiger partial charge in [-0.3, -0.25) is 9.11 Å². The number of hydrogen-bond donors (Lipinski definition) is 2. The summed E-state index contributed by atoms with van der Waals surface area (Å²) in [5.74, 6) is -0.551. The van der Waals surface area contributed by atoms with Crippen molar-refractivity contribution in [1.29, 1.82) is 0 Å². The number of unbranched alkanes of at least 4 members (excludes halogenated alkanes) is 2. The fourth-order valence-electron chi connectivity index (χ4n) is 4.66. The molecule has 224 valence electrons. The van der Waals surface area contributed by atoms with Crippen molar-refractivity contribution in [2.75, 3.05) is 34.4 Å². The molecule has 14 heteroatoms. The molecule has 2 aromatic rings. The third kappa shape index (κ3) is 9.30. The Morgan fingerprint density at radius 3 is 2.07 bits per heavy atom. The third-order valence-corrected chi connectivity index (χ3v) is 11.1. The Kier molecular flexibility index (Phi) is 11.1. The Labute approximate surface area is 260 Å². The van der Waals surface area contributed by atoms with Gasteiger partial charge < -0.3 is 9.80 Å². The molecule has 0 fully saturated rings. The fourth-order valence-corrected chi connectivity index (χ4v) is 8.57. The summed E-state index contributed by atoms with van der Waals surface area (Å²) in [5, 5.41) is 2.21. The number of rotatable bonds is 13. The molecule has 0 aliphatic carbocycles. The first-order chi connectivity index (χ1) is 19.3. The van der Waals surface area contributed by atoms with E-state index in [0.717, 1.165) is 38.2 Å². The van der Waals surface area contributed by atoms with E-state index < -0.39 is 20.2 Å². The highest BCUT2D eigenvalue weighted by molar-refractivity contribution is 8.03. The Balaban J connectivity index is 1.58. The molecular formula is C27H32Cl2N2O6S4. The molecule has 1 unspecified atom stereocenters. The lowest BCUT2D eigenvalue weighted by atomic mass is 10.1. The van der Waals surface area contributed by atoms with Crippen LogP contribution < -0.4 is 9.80 Å². The van der Waals surface area contributed by atoms with Crippen LogP contribution in [0.1, 0.15) is 39.0 Å². The first-order valence-electron chi connectivity index (χ1n) is 13.1. The molecule has 2 aliphatic rings. The van der Waals surface area contributed by atoms with Gasteiger partial charge >= 0.3 is 0 Å². The molecule has 0 radical (unpaired) electrons. The fraction of sp³-hybridized carbons (Fsp3) is 0.407. The smallest absolute Gasteiger partial charge is 0.264 e. The average Bonchev–Trinajstić information content (AvgIpc) is 3.39. The highest BCUT2D eigenvalue weighted by Gasteiger charge is 2.30. The van der Waals surface area contributed by atoms with Crippen LogP contribution >= 0.6 is 46.7 Å². The number of fused-ring (bicyclic) bond motifs is 2. The SMILES string of the molecule is CCC(/C=C1\Sc2ccc(Cl)cc2N1CCCCS(=O)(=O)O)=C\C1Sc2ccc(Cl)cc2N1CCCCS(=O)(=O)O. The van der Waals surface area contributed by atoms with Gasteiger partial charge in [0.1, 0.15) is 0 Å². The second kappa shape index (κ2) is 13.9. The quantitative estimate of drug-likeness (QED) is 0.164. The number of nitrogens with zero attached hydrogens (tertiary/aromatic N) is 2. The lowest BCUT2D eigenvalue weighted by Crippen LogP contribution is -2.29. The predicted molar refractivity (Wildman–Crippen MR) is 171 cm³/mol. The van der Waals surface area contributed by atoms with Gasteiger partial charge in [-0.15, -0.1) is 0 Å². The van der Waals surface area contributed by atoms with Crippen molar-refractivity contribution in [2.24, 2.45) is 0 Å². The second-order valence-corrected chi connectivity index (χ2v) is 16.0. The van der Waals surface area contributed by atoms with E-state index in [4.69, 9.17) is 32.3 Å². The maximum atomic E-state index is 11.2. The number of halogens is 2. The van der Waals surface area contributed by atoms with Crippen LogP contribution in [0.4, 0.5) is 11.4 Å². The van der Waals surface area contributed by atoms with E-state index in [9.17, 15) is 16.8 Å². The maximum absolute atomic E-state index is 11.2. The van der Waals surface area contributed by atoms with E-state index in [-0.39, 0.29) is 16.9 Å². The van der Waals surface area contributed by atoms with Crippen LogP contribution in [-0.2, 0) is 20.2 Å². The van der Waals surface area contributed by atoms with Gasteiger partial charge in [-0.1, -0.05) is 53.6 Å². The Morgan fingerprint density at radius 2 is 1.46 bits per heavy atom. The molecule has 41 heavy (non-hydrogen) atoms. The number of benzene rings is 2. The highest BCUT2D eigenvalue weighted by atomic mass is 35.5. The minimum atomic E-state index is -4.01. The van der Waals surface area contributed by atoms with Crippen molar-refractivity contribution in [3.05, 3.63) is 69.2 Å². The lowest BCUT2D eigenvalue weighted by Gasteiger charge is -2.25. The van der Waals surface area contributed by atoms with Gasteiger partial charge in [0.2, 0.25) is 0 Å². The van der Waals surface area contributed by atoms with E-state index in [1.807, 2.05) is 36.4 Å². The van der Waals surface area contributed by atoms with E-state index in [0.29, 0.717) is 48.8 Å². The zero-order chi connectivity index (χ0) is 29.8. The third-order valence-electron chi connectivity index (χ3n) is 6.64. The Bertz CT molecular complexity index is 1550. The second-order valence-electron chi connectivity index (χ2n) is 9.74. The largest absolute Gasteiger partial charge is 0.355 e. The van der Waals surface area contributed by atoms with Crippen molar-refractivity contribution in [3.63, 3.8) is 0 Å². The van der Waals surface area contributed by atoms with Crippen LogP contribution in [0, 0.1) is 0 Å². The predicted octanol–water partition coefficient (Wildman–Crippen LogP) is 7.36. The number of hydrogen-bond acceptors (Lipinski definition) is 8. The summed E-state index contributed by atoms with van der Waals surface area (Å²) < 4.78 is 63.0. The van der Waals surface area contributed by atoms with E-state index in [2.05, 4.69) is 28.9 Å². The zero-order valence-corrected chi connectivity index (χ0v) is 27.1. The molecule has 0 spiro atoms. The van der Waals surface area contributed by atoms with Crippen molar-refractivity contribution < 1.29 is 25.9 Å². The molecule has 0 aromatic heterocycles. The van der Waals surface area contributed by atoms with Gasteiger partial charge in [0.25, 0.3) is 20.2 Å². The molecule has 2 N–H and O–H groups in total. The maximum Gasteiger partial charge on any atom is 0.264 e. The molecule has 0 saturated carbocycles. The summed E-state index contributed by atoms with van der Waals surface area (Å²) in [5.41, 5.74) is 3.07. The van der Waals surface area contributed by atoms with E-state index in [1.54, 1.807) is 23.5 Å². The Morgan fingerprint density at radius 1 is 0.878 bits per heavy atom. The average molecular weight is 680 g/mol. The van der Waals surface area contributed by atoms with Gasteiger partial charge in [0, 0.05) is 32.9 Å². The topological polar surface area (TPSA) is 115 Å². The lowest BCUT2D eigenvalue weighted by molar-refractivity contribution is 0.478. The van der Waals surface area contributed by atoms with Gasteiger partial charge in [-0.2, -0.15) is 16.8 Å². The Hall–Kier alpha value is -1.38. The van der Waals surface area contributed by atoms with Crippen LogP contribution in [0.15, 0.2) is 68.9 Å². The summed E-state index contributed by atoms with van der Waals surface area (Å²) in [6, 6.07) is 11.5. The normalized spacial score (nSPS) is 18.3. The van der Waals surface area contributed by atoms with Gasteiger partial charge in [-0.05, 0) is 86.2 Å². The number of thioether (sulfide) groups is 2. The summed E-state index contributed by atoms with van der Waals surface area (Å²) in [6.45, 7) is 3.26. The van der Waals surface area contributed by atoms with Crippen LogP contribution in [0.5, 0.6) is 0 Å². The van der Waals surface area contributed by atoms with Crippen molar-refractivity contribution in [3.8, 4) is 0 Å². The van der Waals surface area contributed by atoms with E-state index >= 15 is 0 Å². The summed E-state index contributed by atoms with van der Waals surface area (Å²) in [4.78, 5) is 6.51. The van der Waals surface area contributed by atoms with Crippen LogP contribution in [0.25, 0.3) is 0 Å². The molecule has 2 aromatic carbocycles. The van der Waals surface area contributed by atoms with Crippen LogP contribution in [-0.4, -0.2) is 55.9 Å². The van der Waals surface area contributed by atoms with Gasteiger partial charge in [0.15, 0.2) is 0 Å². The van der Waals surface area contributed by atoms with Crippen LogP contribution in [0.3, 0.4) is 0 Å². The zero-order valence-electron chi connectivity index (χ0n) is 22.4. The highest BCUT2D eigenvalue weighted by Crippen LogP contribution is 2.49. The van der Waals surface area contributed by atoms with Gasteiger partial charge in [0.05, 0.1) is 33.3 Å². The standard InChI is InChI=1S/C27H32Cl2N2O6S4/c1-2-19(15-26-30(11-3-5-13-40(32,33)34)22-17-20(28)7-9-24(22)38-26)16-27-31(12-4-6-14-41(35,36)37)23-18-21(29)8-10-25(23)39-27/h7-10,15-18,26H,2-6,11-14H2,1H3,(H,32,33,34)(H,35,36,37)/b19-15+,27-16-. The first-order valence-corrected chi connectivity index (χ1v) is 18.8. The summed E-state index contributed by atoms with van der Waals surface area (Å²) >= 11 is 16.0. The minimum Gasteiger partial charge on any atom is -0.355 e. The molecule has 4 rings (SSSR count). The summed E-state index contributed by atoms with van der Waals surface area (Å²) in [7, 11) is -8.02. The molecular weight excluding hydrogens is 647 g/mol. The number of allylic oxidation sites excluding steroid dienone is 2. The summed E-state index contributed by atoms with van der Waals surface area (Å²) in [6.07, 6.45) is 6.97. The molecule has 8 nitrogen and oxygen atoms in total. The first kappa shape index (κ1) is 32.5. The monoisotopic (exact) mass is 678 g/mol. The van der Waals surface area contributed by atoms with Gasteiger partial charge in [-0.25, -0.2) is 0 Å². The van der Waals surface area contributed by atoms with Crippen molar-refractivity contribution in [2.45, 2.75) is 54.2 Å². The van der Waals surface area contributed by atoms with Crippen molar-refractivity contribution in [1.82, 2.24) is 0 Å². The minimum absolute atomic E-state index is 0.0348. The molecule has 2 heterocycles.